The fourth-order valence-electron chi connectivity index (χ4n) is 3.35. The summed E-state index contributed by atoms with van der Waals surface area (Å²) in [4.78, 5) is 25.8. The number of ether oxygens (including phenoxy) is 1. The summed E-state index contributed by atoms with van der Waals surface area (Å²) in [6.45, 7) is 2.81. The first-order valence-corrected chi connectivity index (χ1v) is 9.24. The molecule has 0 radical (unpaired) electrons. The second kappa shape index (κ2) is 8.37. The summed E-state index contributed by atoms with van der Waals surface area (Å²) in [5.41, 5.74) is 1.83. The van der Waals surface area contributed by atoms with E-state index in [2.05, 4.69) is 12.1 Å². The van der Waals surface area contributed by atoms with Crippen LogP contribution >= 0.6 is 11.6 Å². The Morgan fingerprint density at radius 3 is 2.38 bits per heavy atom. The van der Waals surface area contributed by atoms with Crippen molar-refractivity contribution in [2.24, 2.45) is 0 Å². The fourth-order valence-corrected chi connectivity index (χ4v) is 3.47. The Bertz CT molecular complexity index is 771. The Labute approximate surface area is 158 Å². The molecule has 0 aromatic heterocycles. The lowest BCUT2D eigenvalue weighted by molar-refractivity contribution is -0.131. The van der Waals surface area contributed by atoms with E-state index in [4.69, 9.17) is 16.3 Å². The Balaban J connectivity index is 1.73. The van der Waals surface area contributed by atoms with Crippen LogP contribution in [0.1, 0.15) is 48.0 Å². The summed E-state index contributed by atoms with van der Waals surface area (Å²) in [6, 6.07) is 14.6. The average molecular weight is 372 g/mol. The molecule has 1 saturated heterocycles. The maximum absolute atomic E-state index is 12.9. The first kappa shape index (κ1) is 18.5. The minimum absolute atomic E-state index is 0.0141. The van der Waals surface area contributed by atoms with Gasteiger partial charge in [0, 0.05) is 36.5 Å². The first-order valence-electron chi connectivity index (χ1n) is 8.86. The lowest BCUT2D eigenvalue weighted by atomic mass is 9.94. The van der Waals surface area contributed by atoms with Gasteiger partial charge in [-0.25, -0.2) is 0 Å². The zero-order valence-electron chi connectivity index (χ0n) is 14.8. The molecule has 1 atom stereocenters. The molecule has 1 amide bonds. The first-order chi connectivity index (χ1) is 12.5. The molecule has 1 fully saturated rings. The van der Waals surface area contributed by atoms with Crippen molar-refractivity contribution >= 4 is 23.5 Å². The molecule has 136 valence electrons. The molecular formula is C21H22ClNO3. The summed E-state index contributed by atoms with van der Waals surface area (Å²) in [5.74, 6) is 0.408. The molecule has 0 bridgehead atoms. The highest BCUT2D eigenvalue weighted by Crippen LogP contribution is 2.28. The van der Waals surface area contributed by atoms with Gasteiger partial charge in [-0.05, 0) is 54.8 Å². The summed E-state index contributed by atoms with van der Waals surface area (Å²) < 4.78 is 5.02. The molecule has 5 heteroatoms. The van der Waals surface area contributed by atoms with Gasteiger partial charge in [0.2, 0.25) is 0 Å². The van der Waals surface area contributed by atoms with Gasteiger partial charge in [0.1, 0.15) is 5.75 Å². The van der Waals surface area contributed by atoms with Crippen molar-refractivity contribution in [1.82, 2.24) is 4.90 Å². The van der Waals surface area contributed by atoms with Crippen molar-refractivity contribution < 1.29 is 14.3 Å². The van der Waals surface area contributed by atoms with Crippen molar-refractivity contribution in [3.05, 3.63) is 64.7 Å². The molecule has 0 spiro atoms. The van der Waals surface area contributed by atoms with Crippen LogP contribution in [0.25, 0.3) is 0 Å². The van der Waals surface area contributed by atoms with Crippen LogP contribution in [0, 0.1) is 0 Å². The van der Waals surface area contributed by atoms with Gasteiger partial charge in [-0.2, -0.15) is 0 Å². The standard InChI is InChI=1S/C21H22ClNO3/c1-15(24)26-20-11-7-17(8-12-20)21(25)23-13-3-2-4-18(14-23)16-5-9-19(22)10-6-16/h5-12,18H,2-4,13-14H2,1H3. The van der Waals surface area contributed by atoms with E-state index < -0.39 is 0 Å². The predicted molar refractivity (Wildman–Crippen MR) is 102 cm³/mol. The molecule has 0 aliphatic carbocycles. The molecule has 3 rings (SSSR count). The molecule has 1 unspecified atom stereocenters. The second-order valence-corrected chi connectivity index (χ2v) is 7.05. The number of halogens is 1. The summed E-state index contributed by atoms with van der Waals surface area (Å²) in [7, 11) is 0. The van der Waals surface area contributed by atoms with Crippen LogP contribution in [0.3, 0.4) is 0 Å². The van der Waals surface area contributed by atoms with E-state index in [1.54, 1.807) is 24.3 Å². The fraction of sp³-hybridized carbons (Fsp3) is 0.333. The zero-order chi connectivity index (χ0) is 18.5. The van der Waals surface area contributed by atoms with Gasteiger partial charge in [-0.3, -0.25) is 9.59 Å². The number of amides is 1. The smallest absolute Gasteiger partial charge is 0.308 e. The highest BCUT2D eigenvalue weighted by molar-refractivity contribution is 6.30. The van der Waals surface area contributed by atoms with Gasteiger partial charge in [0.15, 0.2) is 0 Å². The summed E-state index contributed by atoms with van der Waals surface area (Å²) >= 11 is 5.99. The van der Waals surface area contributed by atoms with Gasteiger partial charge in [-0.15, -0.1) is 0 Å². The Morgan fingerprint density at radius 2 is 1.73 bits per heavy atom. The maximum Gasteiger partial charge on any atom is 0.308 e. The van der Waals surface area contributed by atoms with Crippen molar-refractivity contribution in [3.63, 3.8) is 0 Å². The Hall–Kier alpha value is -2.33. The molecule has 1 aliphatic heterocycles. The summed E-state index contributed by atoms with van der Waals surface area (Å²) in [6.07, 6.45) is 3.17. The molecule has 1 aliphatic rings. The van der Waals surface area contributed by atoms with Crippen LogP contribution in [0.5, 0.6) is 5.75 Å². The van der Waals surface area contributed by atoms with Crippen LogP contribution in [0.2, 0.25) is 5.02 Å². The zero-order valence-corrected chi connectivity index (χ0v) is 15.5. The topological polar surface area (TPSA) is 46.6 Å². The van der Waals surface area contributed by atoms with Crippen molar-refractivity contribution in [1.29, 1.82) is 0 Å². The maximum atomic E-state index is 12.9. The van der Waals surface area contributed by atoms with Crippen LogP contribution in [-0.2, 0) is 4.79 Å². The molecule has 1 heterocycles. The van der Waals surface area contributed by atoms with E-state index in [1.807, 2.05) is 17.0 Å². The van der Waals surface area contributed by atoms with Crippen LogP contribution in [-0.4, -0.2) is 29.9 Å². The van der Waals surface area contributed by atoms with Gasteiger partial charge in [-0.1, -0.05) is 30.2 Å². The van der Waals surface area contributed by atoms with Crippen molar-refractivity contribution in [2.75, 3.05) is 13.1 Å². The van der Waals surface area contributed by atoms with Crippen LogP contribution < -0.4 is 4.74 Å². The summed E-state index contributed by atoms with van der Waals surface area (Å²) in [5, 5.41) is 0.725. The minimum atomic E-state index is -0.373. The van der Waals surface area contributed by atoms with Gasteiger partial charge < -0.3 is 9.64 Å². The number of carbonyl (C=O) groups is 2. The van der Waals surface area contributed by atoms with Gasteiger partial charge in [0.05, 0.1) is 0 Å². The van der Waals surface area contributed by atoms with Gasteiger partial charge >= 0.3 is 5.97 Å². The van der Waals surface area contributed by atoms with Crippen molar-refractivity contribution in [3.8, 4) is 5.75 Å². The monoisotopic (exact) mass is 371 g/mol. The number of hydrogen-bond acceptors (Lipinski definition) is 3. The van der Waals surface area contributed by atoms with E-state index in [9.17, 15) is 9.59 Å². The molecule has 2 aromatic rings. The molecule has 4 nitrogen and oxygen atoms in total. The molecular weight excluding hydrogens is 350 g/mol. The molecule has 0 saturated carbocycles. The number of rotatable bonds is 3. The highest BCUT2D eigenvalue weighted by atomic mass is 35.5. The lowest BCUT2D eigenvalue weighted by Crippen LogP contribution is -2.34. The van der Waals surface area contributed by atoms with E-state index in [0.717, 1.165) is 30.8 Å². The number of likely N-dealkylation sites (tertiary alicyclic amines) is 1. The van der Waals surface area contributed by atoms with Crippen molar-refractivity contribution in [2.45, 2.75) is 32.1 Å². The number of nitrogens with zero attached hydrogens (tertiary/aromatic N) is 1. The third-order valence-electron chi connectivity index (χ3n) is 4.66. The van der Waals surface area contributed by atoms with Crippen LogP contribution in [0.15, 0.2) is 48.5 Å². The Morgan fingerprint density at radius 1 is 1.04 bits per heavy atom. The quantitative estimate of drug-likeness (QED) is 0.581. The molecule has 26 heavy (non-hydrogen) atoms. The number of hydrogen-bond donors (Lipinski definition) is 0. The largest absolute Gasteiger partial charge is 0.427 e. The third-order valence-corrected chi connectivity index (χ3v) is 4.91. The predicted octanol–water partition coefficient (Wildman–Crippen LogP) is 4.68. The van der Waals surface area contributed by atoms with Crippen LogP contribution in [0.4, 0.5) is 0 Å². The normalized spacial score (nSPS) is 17.5. The number of esters is 1. The minimum Gasteiger partial charge on any atom is -0.427 e. The molecule has 2 aromatic carbocycles. The van der Waals surface area contributed by atoms with Gasteiger partial charge in [0.25, 0.3) is 5.91 Å². The van der Waals surface area contributed by atoms with E-state index in [-0.39, 0.29) is 11.9 Å². The number of carbonyl (C=O) groups excluding carboxylic acids is 2. The third kappa shape index (κ3) is 4.64. The SMILES string of the molecule is CC(=O)Oc1ccc(C(=O)N2CCCCC(c3ccc(Cl)cc3)C2)cc1. The average Bonchev–Trinajstić information content (AvgIpc) is 2.88. The number of benzene rings is 2. The Kier molecular flexibility index (Phi) is 5.94. The van der Waals surface area contributed by atoms with E-state index >= 15 is 0 Å². The second-order valence-electron chi connectivity index (χ2n) is 6.61. The lowest BCUT2D eigenvalue weighted by Gasteiger charge is -2.25. The molecule has 0 N–H and O–H groups in total. The van der Waals surface area contributed by atoms with E-state index in [0.29, 0.717) is 23.8 Å². The van der Waals surface area contributed by atoms with E-state index in [1.165, 1.54) is 12.5 Å². The highest BCUT2D eigenvalue weighted by Gasteiger charge is 2.24.